The Balaban J connectivity index is 1.66. The van der Waals surface area contributed by atoms with E-state index in [1.807, 2.05) is 24.3 Å². The number of benzene rings is 1. The molecule has 1 aliphatic carbocycles. The van der Waals surface area contributed by atoms with Gasteiger partial charge in [-0.05, 0) is 37.1 Å². The molecule has 1 saturated carbocycles. The second-order valence-electron chi connectivity index (χ2n) is 5.36. The lowest BCUT2D eigenvalue weighted by atomic mass is 10.1. The van der Waals surface area contributed by atoms with Crippen LogP contribution in [0.25, 0.3) is 0 Å². The van der Waals surface area contributed by atoms with E-state index in [4.69, 9.17) is 15.2 Å². The molecule has 1 aromatic carbocycles. The van der Waals surface area contributed by atoms with Crippen LogP contribution >= 0.6 is 0 Å². The van der Waals surface area contributed by atoms with Crippen molar-refractivity contribution in [2.75, 3.05) is 19.8 Å². The zero-order valence-electron chi connectivity index (χ0n) is 12.6. The van der Waals surface area contributed by atoms with Crippen LogP contribution in [0, 0.1) is 11.8 Å². The predicted octanol–water partition coefficient (Wildman–Crippen LogP) is 3.12. The molecule has 0 aromatic heterocycles. The minimum Gasteiger partial charge on any atom is -0.491 e. The van der Waals surface area contributed by atoms with E-state index < -0.39 is 0 Å². The molecule has 3 heteroatoms. The van der Waals surface area contributed by atoms with E-state index in [9.17, 15) is 0 Å². The van der Waals surface area contributed by atoms with Crippen LogP contribution in [0.1, 0.15) is 44.1 Å². The molecule has 0 saturated heterocycles. The normalized spacial score (nSPS) is 15.9. The summed E-state index contributed by atoms with van der Waals surface area (Å²) in [6.07, 6.45) is 8.16. The average molecular weight is 287 g/mol. The molecule has 0 atom stereocenters. The average Bonchev–Trinajstić information content (AvgIpc) is 2.79. The van der Waals surface area contributed by atoms with E-state index in [2.05, 4.69) is 11.8 Å². The lowest BCUT2D eigenvalue weighted by molar-refractivity contribution is 0.0254. The fourth-order valence-corrected chi connectivity index (χ4v) is 2.57. The first-order chi connectivity index (χ1) is 10.4. The maximum absolute atomic E-state index is 5.90. The summed E-state index contributed by atoms with van der Waals surface area (Å²) in [6, 6.07) is 7.77. The van der Waals surface area contributed by atoms with Gasteiger partial charge >= 0.3 is 0 Å². The summed E-state index contributed by atoms with van der Waals surface area (Å²) < 4.78 is 11.6. The molecule has 21 heavy (non-hydrogen) atoms. The van der Waals surface area contributed by atoms with Crippen LogP contribution < -0.4 is 10.5 Å². The molecular formula is C18H25NO2. The van der Waals surface area contributed by atoms with Gasteiger partial charge in [0.2, 0.25) is 0 Å². The Labute approximate surface area is 127 Å². The van der Waals surface area contributed by atoms with Crippen molar-refractivity contribution in [1.82, 2.24) is 0 Å². The number of hydrogen-bond donors (Lipinski definition) is 1. The fraction of sp³-hybridized carbons (Fsp3) is 0.556. The number of hydrogen-bond acceptors (Lipinski definition) is 3. The predicted molar refractivity (Wildman–Crippen MR) is 85.3 cm³/mol. The lowest BCUT2D eigenvalue weighted by Gasteiger charge is -2.15. The van der Waals surface area contributed by atoms with Crippen molar-refractivity contribution >= 4 is 0 Å². The van der Waals surface area contributed by atoms with Gasteiger partial charge in [0.25, 0.3) is 0 Å². The number of rotatable bonds is 5. The Morgan fingerprint density at radius 2 is 1.71 bits per heavy atom. The first-order valence-corrected chi connectivity index (χ1v) is 7.92. The molecule has 1 aliphatic rings. The summed E-state index contributed by atoms with van der Waals surface area (Å²) in [7, 11) is 0. The molecule has 0 spiro atoms. The van der Waals surface area contributed by atoms with Crippen molar-refractivity contribution in [1.29, 1.82) is 0 Å². The van der Waals surface area contributed by atoms with Crippen LogP contribution in [0.4, 0.5) is 0 Å². The van der Waals surface area contributed by atoms with Gasteiger partial charge < -0.3 is 15.2 Å². The molecule has 1 aromatic rings. The quantitative estimate of drug-likeness (QED) is 0.514. The third-order valence-corrected chi connectivity index (χ3v) is 3.70. The summed E-state index contributed by atoms with van der Waals surface area (Å²) in [5.74, 6) is 6.69. The van der Waals surface area contributed by atoms with Crippen molar-refractivity contribution in [3.63, 3.8) is 0 Å². The van der Waals surface area contributed by atoms with Crippen LogP contribution in [0.2, 0.25) is 0 Å². The Bertz CT molecular complexity index is 450. The minimum absolute atomic E-state index is 0.386. The molecule has 0 aliphatic heterocycles. The summed E-state index contributed by atoms with van der Waals surface area (Å²) in [5.41, 5.74) is 6.31. The van der Waals surface area contributed by atoms with Crippen molar-refractivity contribution in [3.8, 4) is 17.6 Å². The van der Waals surface area contributed by atoms with Crippen molar-refractivity contribution in [2.24, 2.45) is 5.73 Å². The van der Waals surface area contributed by atoms with Gasteiger partial charge in [0.1, 0.15) is 12.4 Å². The first-order valence-electron chi connectivity index (χ1n) is 7.92. The largest absolute Gasteiger partial charge is 0.491 e. The number of ether oxygens (including phenoxy) is 2. The zero-order valence-corrected chi connectivity index (χ0v) is 12.6. The van der Waals surface area contributed by atoms with Crippen LogP contribution in [0.15, 0.2) is 24.3 Å². The summed E-state index contributed by atoms with van der Waals surface area (Å²) in [6.45, 7) is 1.65. The SMILES string of the molecule is NCC#Cc1ccc(OCCOC2CCCCCC2)cc1. The second-order valence-corrected chi connectivity index (χ2v) is 5.36. The second kappa shape index (κ2) is 9.44. The monoisotopic (exact) mass is 287 g/mol. The third-order valence-electron chi connectivity index (χ3n) is 3.70. The Hall–Kier alpha value is -1.50. The molecule has 2 rings (SSSR count). The standard InChI is InChI=1S/C18H25NO2/c19-13-5-6-16-9-11-18(12-10-16)21-15-14-20-17-7-3-1-2-4-8-17/h9-12,17H,1-4,7-8,13-15,19H2. The maximum atomic E-state index is 5.90. The molecule has 3 nitrogen and oxygen atoms in total. The van der Waals surface area contributed by atoms with Crippen molar-refractivity contribution < 1.29 is 9.47 Å². The molecular weight excluding hydrogens is 262 g/mol. The molecule has 2 N–H and O–H groups in total. The Morgan fingerprint density at radius 3 is 2.38 bits per heavy atom. The molecule has 0 unspecified atom stereocenters. The van der Waals surface area contributed by atoms with Crippen LogP contribution in [-0.2, 0) is 4.74 Å². The molecule has 0 bridgehead atoms. The van der Waals surface area contributed by atoms with Gasteiger partial charge in [0.05, 0.1) is 19.3 Å². The van der Waals surface area contributed by atoms with E-state index in [1.54, 1.807) is 0 Å². The molecule has 0 heterocycles. The number of nitrogens with two attached hydrogens (primary N) is 1. The maximum Gasteiger partial charge on any atom is 0.119 e. The zero-order chi connectivity index (χ0) is 14.8. The molecule has 114 valence electrons. The minimum atomic E-state index is 0.386. The Morgan fingerprint density at radius 1 is 1.00 bits per heavy atom. The van der Waals surface area contributed by atoms with Gasteiger partial charge in [-0.1, -0.05) is 37.5 Å². The molecule has 0 amide bonds. The van der Waals surface area contributed by atoms with Gasteiger partial charge in [-0.25, -0.2) is 0 Å². The highest BCUT2D eigenvalue weighted by atomic mass is 16.5. The summed E-state index contributed by atoms with van der Waals surface area (Å²) >= 11 is 0. The van der Waals surface area contributed by atoms with E-state index in [0.29, 0.717) is 25.9 Å². The highest BCUT2D eigenvalue weighted by Gasteiger charge is 2.12. The fourth-order valence-electron chi connectivity index (χ4n) is 2.57. The van der Waals surface area contributed by atoms with Crippen molar-refractivity contribution in [2.45, 2.75) is 44.6 Å². The van der Waals surface area contributed by atoms with Crippen molar-refractivity contribution in [3.05, 3.63) is 29.8 Å². The van der Waals surface area contributed by atoms with E-state index in [0.717, 1.165) is 11.3 Å². The van der Waals surface area contributed by atoms with Gasteiger partial charge in [-0.15, -0.1) is 0 Å². The lowest BCUT2D eigenvalue weighted by Crippen LogP contribution is -2.16. The highest BCUT2D eigenvalue weighted by Crippen LogP contribution is 2.19. The van der Waals surface area contributed by atoms with Crippen LogP contribution in [0.5, 0.6) is 5.75 Å². The smallest absolute Gasteiger partial charge is 0.119 e. The Kier molecular flexibility index (Phi) is 7.14. The third kappa shape index (κ3) is 6.20. The first kappa shape index (κ1) is 15.9. The van der Waals surface area contributed by atoms with E-state index >= 15 is 0 Å². The summed E-state index contributed by atoms with van der Waals surface area (Å²) in [4.78, 5) is 0. The summed E-state index contributed by atoms with van der Waals surface area (Å²) in [5, 5.41) is 0. The van der Waals surface area contributed by atoms with E-state index in [1.165, 1.54) is 38.5 Å². The van der Waals surface area contributed by atoms with Crippen LogP contribution in [-0.4, -0.2) is 25.9 Å². The van der Waals surface area contributed by atoms with E-state index in [-0.39, 0.29) is 0 Å². The van der Waals surface area contributed by atoms with Gasteiger partial charge in [-0.2, -0.15) is 0 Å². The molecule has 1 fully saturated rings. The van der Waals surface area contributed by atoms with Gasteiger partial charge in [0.15, 0.2) is 0 Å². The van der Waals surface area contributed by atoms with Gasteiger partial charge in [0, 0.05) is 5.56 Å². The molecule has 0 radical (unpaired) electrons. The van der Waals surface area contributed by atoms with Crippen LogP contribution in [0.3, 0.4) is 0 Å². The van der Waals surface area contributed by atoms with Gasteiger partial charge in [-0.3, -0.25) is 0 Å². The topological polar surface area (TPSA) is 44.5 Å². The highest BCUT2D eigenvalue weighted by molar-refractivity contribution is 5.38.